The Morgan fingerprint density at radius 2 is 2.24 bits per heavy atom. The minimum absolute atomic E-state index is 0.422. The third-order valence-corrected chi connectivity index (χ3v) is 4.38. The summed E-state index contributed by atoms with van der Waals surface area (Å²) in [5.41, 5.74) is 0. The van der Waals surface area contributed by atoms with E-state index in [1.54, 1.807) is 10.9 Å². The van der Waals surface area contributed by atoms with Gasteiger partial charge in [-0.15, -0.1) is 0 Å². The number of rotatable bonds is 5. The van der Waals surface area contributed by atoms with E-state index in [0.717, 1.165) is 18.7 Å². The van der Waals surface area contributed by atoms with E-state index in [4.69, 9.17) is 0 Å². The van der Waals surface area contributed by atoms with Crippen molar-refractivity contribution in [1.82, 2.24) is 24.7 Å². The highest BCUT2D eigenvalue weighted by atomic mass is 32.2. The van der Waals surface area contributed by atoms with Crippen LogP contribution < -0.4 is 10.6 Å². The first-order valence-electron chi connectivity index (χ1n) is 7.19. The molecule has 21 heavy (non-hydrogen) atoms. The number of hydrogen-bond donors (Lipinski definition) is 2. The minimum Gasteiger partial charge on any atom is -0.354 e. The van der Waals surface area contributed by atoms with Crippen molar-refractivity contribution in [2.24, 2.45) is 0 Å². The molecule has 1 fully saturated rings. The van der Waals surface area contributed by atoms with Crippen LogP contribution in [-0.2, 0) is 0 Å². The predicted octanol–water partition coefficient (Wildman–Crippen LogP) is 1.80. The molecule has 7 nitrogen and oxygen atoms in total. The number of anilines is 2. The van der Waals surface area contributed by atoms with E-state index in [0.29, 0.717) is 23.9 Å². The maximum absolute atomic E-state index is 4.47. The summed E-state index contributed by atoms with van der Waals surface area (Å²) in [6, 6.07) is 2.27. The zero-order valence-corrected chi connectivity index (χ0v) is 12.8. The molecule has 112 valence electrons. The normalized spacial score (nSPS) is 18.4. The van der Waals surface area contributed by atoms with Crippen LogP contribution >= 0.6 is 11.8 Å². The minimum atomic E-state index is 0.422. The molecular weight excluding hydrogens is 286 g/mol. The molecule has 1 unspecified atom stereocenters. The van der Waals surface area contributed by atoms with Gasteiger partial charge in [0.2, 0.25) is 11.9 Å². The summed E-state index contributed by atoms with van der Waals surface area (Å²) in [5, 5.41) is 10.7. The lowest BCUT2D eigenvalue weighted by Crippen LogP contribution is -2.27. The smallest absolute Gasteiger partial charge is 0.257 e. The van der Waals surface area contributed by atoms with Crippen LogP contribution in [0.5, 0.6) is 0 Å². The van der Waals surface area contributed by atoms with E-state index >= 15 is 0 Å². The Hall–Kier alpha value is -1.83. The van der Waals surface area contributed by atoms with E-state index in [-0.39, 0.29) is 0 Å². The van der Waals surface area contributed by atoms with Crippen molar-refractivity contribution < 1.29 is 0 Å². The molecule has 0 saturated carbocycles. The van der Waals surface area contributed by atoms with Crippen molar-refractivity contribution in [3.05, 3.63) is 18.5 Å². The molecule has 2 aromatic rings. The molecule has 0 bridgehead atoms. The van der Waals surface area contributed by atoms with E-state index in [1.807, 2.05) is 30.9 Å². The Balaban J connectivity index is 1.84. The van der Waals surface area contributed by atoms with E-state index < -0.39 is 0 Å². The first-order valence-corrected chi connectivity index (χ1v) is 8.35. The summed E-state index contributed by atoms with van der Waals surface area (Å²) in [7, 11) is 0. The lowest BCUT2D eigenvalue weighted by Gasteiger charge is -2.22. The fourth-order valence-electron chi connectivity index (χ4n) is 2.19. The molecule has 1 aliphatic heterocycles. The van der Waals surface area contributed by atoms with Gasteiger partial charge >= 0.3 is 0 Å². The molecule has 2 aromatic heterocycles. The summed E-state index contributed by atoms with van der Waals surface area (Å²) < 4.78 is 1.64. The van der Waals surface area contributed by atoms with Crippen molar-refractivity contribution in [3.63, 3.8) is 0 Å². The number of thioether (sulfide) groups is 1. The fraction of sp³-hybridized carbons (Fsp3) is 0.538. The molecule has 0 aliphatic carbocycles. The predicted molar refractivity (Wildman–Crippen MR) is 85.1 cm³/mol. The molecule has 8 heteroatoms. The van der Waals surface area contributed by atoms with Gasteiger partial charge in [0.05, 0.1) is 0 Å². The Bertz CT molecular complexity index is 566. The molecular formula is C13H19N7S. The van der Waals surface area contributed by atoms with Crippen LogP contribution in [0.25, 0.3) is 5.95 Å². The topological polar surface area (TPSA) is 80.5 Å². The molecule has 0 spiro atoms. The van der Waals surface area contributed by atoms with E-state index in [2.05, 4.69) is 30.7 Å². The summed E-state index contributed by atoms with van der Waals surface area (Å²) >= 11 is 1.97. The average Bonchev–Trinajstić information content (AvgIpc) is 3.03. The molecule has 0 amide bonds. The van der Waals surface area contributed by atoms with Crippen LogP contribution in [0.4, 0.5) is 11.9 Å². The molecule has 2 N–H and O–H groups in total. The van der Waals surface area contributed by atoms with Crippen molar-refractivity contribution in [1.29, 1.82) is 0 Å². The summed E-state index contributed by atoms with van der Waals surface area (Å²) in [6.45, 7) is 2.78. The number of nitrogens with one attached hydrogen (secondary N) is 2. The van der Waals surface area contributed by atoms with Gasteiger partial charge in [0.1, 0.15) is 0 Å². The second-order valence-electron chi connectivity index (χ2n) is 4.82. The van der Waals surface area contributed by atoms with Crippen molar-refractivity contribution in [3.8, 4) is 5.95 Å². The summed E-state index contributed by atoms with van der Waals surface area (Å²) in [4.78, 5) is 13.3. The molecule has 1 saturated heterocycles. The summed E-state index contributed by atoms with van der Waals surface area (Å²) in [5.74, 6) is 4.05. The quantitative estimate of drug-likeness (QED) is 0.871. The number of aromatic nitrogens is 5. The van der Waals surface area contributed by atoms with Crippen LogP contribution in [0.2, 0.25) is 0 Å². The second kappa shape index (κ2) is 6.75. The van der Waals surface area contributed by atoms with Crippen LogP contribution in [-0.4, -0.2) is 48.8 Å². The van der Waals surface area contributed by atoms with Crippen LogP contribution in [0, 0.1) is 0 Å². The number of hydrogen-bond acceptors (Lipinski definition) is 7. The molecule has 1 aliphatic rings. The van der Waals surface area contributed by atoms with Crippen molar-refractivity contribution in [2.75, 3.05) is 28.7 Å². The fourth-order valence-corrected chi connectivity index (χ4v) is 3.27. The first-order chi connectivity index (χ1) is 10.3. The molecule has 0 aromatic carbocycles. The maximum Gasteiger partial charge on any atom is 0.257 e. The Morgan fingerprint density at radius 3 is 2.95 bits per heavy atom. The Kier molecular flexibility index (Phi) is 4.54. The van der Waals surface area contributed by atoms with Gasteiger partial charge in [-0.2, -0.15) is 31.8 Å². The SMILES string of the molecule is CCNc1nc(NC2CCCSC2)nc(-n2cccn2)n1. The molecule has 1 atom stereocenters. The highest BCUT2D eigenvalue weighted by molar-refractivity contribution is 7.99. The average molecular weight is 305 g/mol. The van der Waals surface area contributed by atoms with Gasteiger partial charge in [-0.25, -0.2) is 4.68 Å². The standard InChI is InChI=1S/C13H19N7S/c1-2-14-11-17-12(16-10-5-3-8-21-9-10)19-13(18-11)20-7-4-6-15-20/h4,6-7,10H,2-3,5,8-9H2,1H3,(H2,14,16,17,18,19). The van der Waals surface area contributed by atoms with Crippen molar-refractivity contribution in [2.45, 2.75) is 25.8 Å². The van der Waals surface area contributed by atoms with Crippen LogP contribution in [0.1, 0.15) is 19.8 Å². The molecule has 3 rings (SSSR count). The lowest BCUT2D eigenvalue weighted by atomic mass is 10.2. The highest BCUT2D eigenvalue weighted by Crippen LogP contribution is 2.20. The van der Waals surface area contributed by atoms with Gasteiger partial charge in [-0.05, 0) is 31.6 Å². The van der Waals surface area contributed by atoms with Gasteiger partial charge in [0.25, 0.3) is 5.95 Å². The third kappa shape index (κ3) is 3.63. The van der Waals surface area contributed by atoms with Gasteiger partial charge in [0.15, 0.2) is 0 Å². The zero-order valence-electron chi connectivity index (χ0n) is 12.0. The van der Waals surface area contributed by atoms with E-state index in [9.17, 15) is 0 Å². The lowest BCUT2D eigenvalue weighted by molar-refractivity contribution is 0.675. The Morgan fingerprint density at radius 1 is 1.33 bits per heavy atom. The zero-order chi connectivity index (χ0) is 14.5. The third-order valence-electron chi connectivity index (χ3n) is 3.16. The molecule has 0 radical (unpaired) electrons. The second-order valence-corrected chi connectivity index (χ2v) is 5.97. The van der Waals surface area contributed by atoms with Crippen LogP contribution in [0.3, 0.4) is 0 Å². The van der Waals surface area contributed by atoms with Crippen molar-refractivity contribution >= 4 is 23.7 Å². The number of nitrogens with zero attached hydrogens (tertiary/aromatic N) is 5. The van der Waals surface area contributed by atoms with Gasteiger partial charge in [-0.1, -0.05) is 0 Å². The molecule has 3 heterocycles. The van der Waals surface area contributed by atoms with Crippen LogP contribution in [0.15, 0.2) is 18.5 Å². The first kappa shape index (κ1) is 14.1. The highest BCUT2D eigenvalue weighted by Gasteiger charge is 2.16. The van der Waals surface area contributed by atoms with Gasteiger partial charge in [-0.3, -0.25) is 0 Å². The summed E-state index contributed by atoms with van der Waals surface area (Å²) in [6.07, 6.45) is 5.93. The Labute approximate surface area is 128 Å². The van der Waals surface area contributed by atoms with Gasteiger partial charge in [0, 0.05) is 30.7 Å². The van der Waals surface area contributed by atoms with Gasteiger partial charge < -0.3 is 10.6 Å². The van der Waals surface area contributed by atoms with E-state index in [1.165, 1.54) is 12.2 Å². The largest absolute Gasteiger partial charge is 0.354 e. The maximum atomic E-state index is 4.47. The monoisotopic (exact) mass is 305 g/mol.